The normalized spacial score (nSPS) is 21.8. The van der Waals surface area contributed by atoms with E-state index in [9.17, 15) is 0 Å². The van der Waals surface area contributed by atoms with Gasteiger partial charge < -0.3 is 25.2 Å². The first-order chi connectivity index (χ1) is 13.7. The Kier molecular flexibility index (Phi) is 7.83. The molecule has 2 fully saturated rings. The molecule has 1 unspecified atom stereocenters. The van der Waals surface area contributed by atoms with Crippen LogP contribution in [0, 0.1) is 5.92 Å². The maximum Gasteiger partial charge on any atom is 0.191 e. The van der Waals surface area contributed by atoms with E-state index in [0.29, 0.717) is 6.04 Å². The second-order valence-electron chi connectivity index (χ2n) is 7.99. The summed E-state index contributed by atoms with van der Waals surface area (Å²) in [4.78, 5) is 9.44. The third-order valence-electron chi connectivity index (χ3n) is 5.98. The summed E-state index contributed by atoms with van der Waals surface area (Å²) >= 11 is 0. The SMILES string of the molecule is CCCN1CCC(CNC(=NC)NC2CCN(c3ccccc3OC)C2)CC1. The van der Waals surface area contributed by atoms with E-state index in [-0.39, 0.29) is 0 Å². The fourth-order valence-electron chi connectivity index (χ4n) is 4.35. The maximum absolute atomic E-state index is 5.52. The van der Waals surface area contributed by atoms with Crippen LogP contribution in [0.2, 0.25) is 0 Å². The molecule has 156 valence electrons. The molecule has 28 heavy (non-hydrogen) atoms. The van der Waals surface area contributed by atoms with Gasteiger partial charge in [0.05, 0.1) is 12.8 Å². The van der Waals surface area contributed by atoms with Crippen LogP contribution in [0.1, 0.15) is 32.6 Å². The van der Waals surface area contributed by atoms with Gasteiger partial charge in [-0.1, -0.05) is 19.1 Å². The molecule has 1 atom stereocenters. The minimum atomic E-state index is 0.405. The number of nitrogens with zero attached hydrogens (tertiary/aromatic N) is 3. The highest BCUT2D eigenvalue weighted by atomic mass is 16.5. The van der Waals surface area contributed by atoms with Gasteiger partial charge in [-0.3, -0.25) is 4.99 Å². The topological polar surface area (TPSA) is 52.1 Å². The summed E-state index contributed by atoms with van der Waals surface area (Å²) < 4.78 is 5.52. The monoisotopic (exact) mass is 387 g/mol. The highest BCUT2D eigenvalue weighted by Crippen LogP contribution is 2.30. The van der Waals surface area contributed by atoms with Crippen molar-refractivity contribution in [3.8, 4) is 5.75 Å². The molecular formula is C22H37N5O. The number of aliphatic imine (C=N–C) groups is 1. The molecule has 2 aliphatic heterocycles. The van der Waals surface area contributed by atoms with Gasteiger partial charge in [-0.15, -0.1) is 0 Å². The van der Waals surface area contributed by atoms with Crippen molar-refractivity contribution in [1.29, 1.82) is 0 Å². The van der Waals surface area contributed by atoms with Gasteiger partial charge in [0, 0.05) is 32.7 Å². The molecule has 0 saturated carbocycles. The maximum atomic E-state index is 5.52. The van der Waals surface area contributed by atoms with Crippen molar-refractivity contribution in [2.45, 2.75) is 38.6 Å². The standard InChI is InChI=1S/C22H37N5O/c1-4-12-26-13-9-18(10-14-26)16-24-22(23-2)25-19-11-15-27(17-19)20-7-5-6-8-21(20)28-3/h5-8,18-19H,4,9-17H2,1-3H3,(H2,23,24,25). The zero-order valence-corrected chi connectivity index (χ0v) is 17.8. The Bertz CT molecular complexity index is 627. The average molecular weight is 388 g/mol. The van der Waals surface area contributed by atoms with Crippen molar-refractivity contribution < 1.29 is 4.74 Å². The van der Waals surface area contributed by atoms with E-state index >= 15 is 0 Å². The van der Waals surface area contributed by atoms with Gasteiger partial charge in [-0.25, -0.2) is 0 Å². The minimum absolute atomic E-state index is 0.405. The van der Waals surface area contributed by atoms with Gasteiger partial charge in [-0.2, -0.15) is 0 Å². The third kappa shape index (κ3) is 5.53. The molecule has 2 N–H and O–H groups in total. The smallest absolute Gasteiger partial charge is 0.191 e. The lowest BCUT2D eigenvalue weighted by molar-refractivity contribution is 0.185. The van der Waals surface area contributed by atoms with Crippen LogP contribution in [0.4, 0.5) is 5.69 Å². The molecule has 1 aromatic carbocycles. The molecule has 3 rings (SSSR count). The molecule has 0 aromatic heterocycles. The number of guanidine groups is 1. The van der Waals surface area contributed by atoms with Crippen molar-refractivity contribution in [1.82, 2.24) is 15.5 Å². The molecule has 0 spiro atoms. The Morgan fingerprint density at radius 1 is 1.18 bits per heavy atom. The van der Waals surface area contributed by atoms with E-state index in [1.165, 1.54) is 44.6 Å². The second-order valence-corrected chi connectivity index (χ2v) is 7.99. The fourth-order valence-corrected chi connectivity index (χ4v) is 4.35. The van der Waals surface area contributed by atoms with Crippen molar-refractivity contribution in [2.75, 3.05) is 58.3 Å². The molecular weight excluding hydrogens is 350 g/mol. The summed E-state index contributed by atoms with van der Waals surface area (Å²) in [5.41, 5.74) is 1.18. The van der Waals surface area contributed by atoms with Crippen LogP contribution in [-0.2, 0) is 0 Å². The number of hydrogen-bond donors (Lipinski definition) is 2. The van der Waals surface area contributed by atoms with E-state index in [2.05, 4.69) is 44.5 Å². The number of methoxy groups -OCH3 is 1. The number of rotatable bonds is 7. The predicted molar refractivity (Wildman–Crippen MR) is 118 cm³/mol. The number of hydrogen-bond acceptors (Lipinski definition) is 4. The largest absolute Gasteiger partial charge is 0.495 e. The van der Waals surface area contributed by atoms with Crippen LogP contribution in [0.15, 0.2) is 29.3 Å². The van der Waals surface area contributed by atoms with E-state index in [1.807, 2.05) is 19.2 Å². The van der Waals surface area contributed by atoms with Gasteiger partial charge in [0.1, 0.15) is 5.75 Å². The van der Waals surface area contributed by atoms with E-state index in [1.54, 1.807) is 7.11 Å². The lowest BCUT2D eigenvalue weighted by atomic mass is 9.97. The quantitative estimate of drug-likeness (QED) is 0.556. The number of para-hydroxylation sites is 2. The van der Waals surface area contributed by atoms with Crippen molar-refractivity contribution >= 4 is 11.6 Å². The molecule has 1 aromatic rings. The van der Waals surface area contributed by atoms with Crippen LogP contribution >= 0.6 is 0 Å². The average Bonchev–Trinajstić information content (AvgIpc) is 3.20. The Morgan fingerprint density at radius 3 is 2.68 bits per heavy atom. The summed E-state index contributed by atoms with van der Waals surface area (Å²) in [6.07, 6.45) is 4.94. The molecule has 0 bridgehead atoms. The van der Waals surface area contributed by atoms with Crippen LogP contribution in [0.3, 0.4) is 0 Å². The third-order valence-corrected chi connectivity index (χ3v) is 5.98. The van der Waals surface area contributed by atoms with Gasteiger partial charge >= 0.3 is 0 Å². The van der Waals surface area contributed by atoms with Gasteiger partial charge in [-0.05, 0) is 63.4 Å². The molecule has 6 heteroatoms. The molecule has 0 amide bonds. The summed E-state index contributed by atoms with van der Waals surface area (Å²) in [6, 6.07) is 8.67. The summed E-state index contributed by atoms with van der Waals surface area (Å²) in [6.45, 7) is 9.00. The van der Waals surface area contributed by atoms with Crippen LogP contribution < -0.4 is 20.3 Å². The first kappa shape index (κ1) is 20.8. The van der Waals surface area contributed by atoms with E-state index < -0.39 is 0 Å². The van der Waals surface area contributed by atoms with Crippen molar-refractivity contribution in [2.24, 2.45) is 10.9 Å². The number of piperidine rings is 1. The number of nitrogens with one attached hydrogen (secondary N) is 2. The summed E-state index contributed by atoms with van der Waals surface area (Å²) in [7, 11) is 3.61. The molecule has 2 aliphatic rings. The van der Waals surface area contributed by atoms with Crippen LogP contribution in [0.5, 0.6) is 5.75 Å². The van der Waals surface area contributed by atoms with Crippen LogP contribution in [0.25, 0.3) is 0 Å². The summed E-state index contributed by atoms with van der Waals surface area (Å²) in [5.74, 6) is 2.63. The molecule has 0 aliphatic carbocycles. The fraction of sp³-hybridized carbons (Fsp3) is 0.682. The number of likely N-dealkylation sites (tertiary alicyclic amines) is 1. The zero-order valence-electron chi connectivity index (χ0n) is 17.8. The van der Waals surface area contributed by atoms with Gasteiger partial charge in [0.2, 0.25) is 0 Å². The van der Waals surface area contributed by atoms with E-state index in [0.717, 1.165) is 43.7 Å². The number of ether oxygens (including phenoxy) is 1. The number of anilines is 1. The molecule has 2 heterocycles. The Labute approximate surface area is 170 Å². The predicted octanol–water partition coefficient (Wildman–Crippen LogP) is 2.56. The first-order valence-corrected chi connectivity index (χ1v) is 10.8. The van der Waals surface area contributed by atoms with Gasteiger partial charge in [0.15, 0.2) is 5.96 Å². The lowest BCUT2D eigenvalue weighted by Gasteiger charge is -2.32. The number of benzene rings is 1. The highest BCUT2D eigenvalue weighted by Gasteiger charge is 2.25. The summed E-state index contributed by atoms with van der Waals surface area (Å²) in [5, 5.41) is 7.18. The molecule has 6 nitrogen and oxygen atoms in total. The van der Waals surface area contributed by atoms with Crippen LogP contribution in [-0.4, -0.2) is 70.3 Å². The first-order valence-electron chi connectivity index (χ1n) is 10.8. The lowest BCUT2D eigenvalue weighted by Crippen LogP contribution is -2.47. The molecule has 2 saturated heterocycles. The second kappa shape index (κ2) is 10.6. The highest BCUT2D eigenvalue weighted by molar-refractivity contribution is 5.80. The zero-order chi connectivity index (χ0) is 19.8. The Balaban J connectivity index is 1.43. The van der Waals surface area contributed by atoms with E-state index in [4.69, 9.17) is 4.74 Å². The minimum Gasteiger partial charge on any atom is -0.495 e. The Morgan fingerprint density at radius 2 is 1.96 bits per heavy atom. The van der Waals surface area contributed by atoms with Crippen molar-refractivity contribution in [3.63, 3.8) is 0 Å². The molecule has 0 radical (unpaired) electrons. The Hall–Kier alpha value is -1.95. The van der Waals surface area contributed by atoms with Gasteiger partial charge in [0.25, 0.3) is 0 Å². The van der Waals surface area contributed by atoms with Crippen molar-refractivity contribution in [3.05, 3.63) is 24.3 Å².